The first kappa shape index (κ1) is 21.5. The van der Waals surface area contributed by atoms with Gasteiger partial charge in [-0.2, -0.15) is 5.10 Å². The molecule has 1 fully saturated rings. The van der Waals surface area contributed by atoms with Crippen molar-refractivity contribution in [3.8, 4) is 23.8 Å². The summed E-state index contributed by atoms with van der Waals surface area (Å²) in [5.41, 5.74) is 2.08. The van der Waals surface area contributed by atoms with Crippen molar-refractivity contribution in [2.24, 2.45) is 12.0 Å². The Morgan fingerprint density at radius 1 is 1.43 bits per heavy atom. The maximum absolute atomic E-state index is 5.95. The van der Waals surface area contributed by atoms with E-state index in [2.05, 4.69) is 28.2 Å². The third-order valence-corrected chi connectivity index (χ3v) is 4.75. The van der Waals surface area contributed by atoms with E-state index in [-0.39, 0.29) is 12.7 Å². The summed E-state index contributed by atoms with van der Waals surface area (Å²) in [6, 6.07) is 5.77. The van der Waals surface area contributed by atoms with Crippen LogP contribution in [0.5, 0.6) is 11.5 Å². The molecule has 0 saturated carbocycles. The normalized spacial score (nSPS) is 16.8. The van der Waals surface area contributed by atoms with Crippen molar-refractivity contribution in [1.82, 2.24) is 20.0 Å². The van der Waals surface area contributed by atoms with E-state index in [0.717, 1.165) is 36.7 Å². The van der Waals surface area contributed by atoms with E-state index in [1.165, 1.54) is 0 Å². The van der Waals surface area contributed by atoms with Gasteiger partial charge in [-0.25, -0.2) is 4.99 Å². The van der Waals surface area contributed by atoms with Crippen LogP contribution in [0.3, 0.4) is 0 Å². The number of aromatic nitrogens is 2. The molecule has 1 atom stereocenters. The van der Waals surface area contributed by atoms with Crippen molar-refractivity contribution < 1.29 is 14.2 Å². The average molecular weight is 412 g/mol. The van der Waals surface area contributed by atoms with Gasteiger partial charge in [0, 0.05) is 31.9 Å². The van der Waals surface area contributed by atoms with E-state index in [9.17, 15) is 0 Å². The number of hydrogen-bond donors (Lipinski definition) is 1. The van der Waals surface area contributed by atoms with Gasteiger partial charge < -0.3 is 24.4 Å². The summed E-state index contributed by atoms with van der Waals surface area (Å²) in [5, 5.41) is 7.64. The summed E-state index contributed by atoms with van der Waals surface area (Å²) in [4.78, 5) is 7.06. The molecule has 1 aliphatic rings. The molecule has 2 heterocycles. The lowest BCUT2D eigenvalue weighted by molar-refractivity contribution is -0.00805. The van der Waals surface area contributed by atoms with Gasteiger partial charge in [-0.3, -0.25) is 4.68 Å². The van der Waals surface area contributed by atoms with Crippen molar-refractivity contribution in [2.75, 3.05) is 40.0 Å². The molecule has 8 heteroatoms. The van der Waals surface area contributed by atoms with E-state index < -0.39 is 0 Å². The Morgan fingerprint density at radius 2 is 2.30 bits per heavy atom. The third kappa shape index (κ3) is 5.45. The second-order valence-electron chi connectivity index (χ2n) is 6.90. The van der Waals surface area contributed by atoms with Crippen molar-refractivity contribution in [3.05, 3.63) is 41.7 Å². The van der Waals surface area contributed by atoms with Gasteiger partial charge in [-0.05, 0) is 24.6 Å². The van der Waals surface area contributed by atoms with Crippen LogP contribution in [0.15, 0.2) is 35.6 Å². The quantitative estimate of drug-likeness (QED) is 0.427. The number of nitrogens with zero attached hydrogens (tertiary/aromatic N) is 4. The molecule has 0 aliphatic carbocycles. The summed E-state index contributed by atoms with van der Waals surface area (Å²) in [6.45, 7) is 5.68. The van der Waals surface area contributed by atoms with E-state index >= 15 is 0 Å². The van der Waals surface area contributed by atoms with Crippen LogP contribution in [0, 0.1) is 12.3 Å². The highest BCUT2D eigenvalue weighted by Gasteiger charge is 2.25. The second-order valence-corrected chi connectivity index (χ2v) is 6.90. The second kappa shape index (κ2) is 10.6. The number of aryl methyl sites for hydroxylation is 1. The highest BCUT2D eigenvalue weighted by Crippen LogP contribution is 2.28. The number of morpholine rings is 1. The molecule has 1 saturated heterocycles. The fourth-order valence-corrected chi connectivity index (χ4v) is 3.29. The van der Waals surface area contributed by atoms with Crippen LogP contribution < -0.4 is 14.8 Å². The predicted molar refractivity (Wildman–Crippen MR) is 116 cm³/mol. The molecule has 1 N–H and O–H groups in total. The van der Waals surface area contributed by atoms with Gasteiger partial charge in [0.25, 0.3) is 0 Å². The minimum Gasteiger partial charge on any atom is -0.493 e. The van der Waals surface area contributed by atoms with E-state index in [1.807, 2.05) is 37.6 Å². The minimum atomic E-state index is -0.0268. The zero-order chi connectivity index (χ0) is 21.3. The van der Waals surface area contributed by atoms with Gasteiger partial charge in [0.2, 0.25) is 0 Å². The highest BCUT2D eigenvalue weighted by molar-refractivity contribution is 5.80. The number of rotatable bonds is 7. The maximum Gasteiger partial charge on any atom is 0.194 e. The number of methoxy groups -OCH3 is 1. The number of hydrogen-bond acceptors (Lipinski definition) is 5. The van der Waals surface area contributed by atoms with E-state index in [4.69, 9.17) is 25.6 Å². The largest absolute Gasteiger partial charge is 0.493 e. The molecule has 1 unspecified atom stereocenters. The van der Waals surface area contributed by atoms with E-state index in [0.29, 0.717) is 24.7 Å². The maximum atomic E-state index is 5.95. The highest BCUT2D eigenvalue weighted by atomic mass is 16.5. The molecule has 160 valence electrons. The van der Waals surface area contributed by atoms with Gasteiger partial charge in [-0.15, -0.1) is 6.42 Å². The molecule has 30 heavy (non-hydrogen) atoms. The van der Waals surface area contributed by atoms with Gasteiger partial charge >= 0.3 is 0 Å². The molecule has 0 amide bonds. The zero-order valence-electron chi connectivity index (χ0n) is 17.8. The minimum absolute atomic E-state index is 0.0268. The Labute approximate surface area is 177 Å². The SMILES string of the molecule is C#CCOc1cc(CN=C(NCC)N2CCOC(c3cnn(C)c3)C2)ccc1OC. The molecule has 0 spiro atoms. The predicted octanol–water partition coefficient (Wildman–Crippen LogP) is 1.98. The van der Waals surface area contributed by atoms with Crippen LogP contribution in [-0.4, -0.2) is 60.6 Å². The lowest BCUT2D eigenvalue weighted by Gasteiger charge is -2.34. The molecule has 2 aromatic rings. The first-order chi connectivity index (χ1) is 14.6. The molecule has 0 radical (unpaired) electrons. The number of aliphatic imine (C=N–C) groups is 1. The molecule has 8 nitrogen and oxygen atoms in total. The van der Waals surface area contributed by atoms with Gasteiger partial charge in [0.15, 0.2) is 17.5 Å². The number of benzene rings is 1. The van der Waals surface area contributed by atoms with E-state index in [1.54, 1.807) is 11.8 Å². The van der Waals surface area contributed by atoms with Gasteiger partial charge in [-0.1, -0.05) is 12.0 Å². The standard InChI is InChI=1S/C22H29N5O3/c1-5-10-29-20-12-17(7-8-19(20)28-4)13-24-22(23-6-2)27-9-11-30-21(16-27)18-14-25-26(3)15-18/h1,7-8,12,14-15,21H,6,9-11,13,16H2,2-4H3,(H,23,24). The molecule has 1 aliphatic heterocycles. The molecular weight excluding hydrogens is 382 g/mol. The average Bonchev–Trinajstić information content (AvgIpc) is 3.21. The fraction of sp³-hybridized carbons (Fsp3) is 0.455. The Kier molecular flexibility index (Phi) is 7.57. The molecular formula is C22H29N5O3. The Hall–Kier alpha value is -3.18. The smallest absolute Gasteiger partial charge is 0.194 e. The van der Waals surface area contributed by atoms with Crippen molar-refractivity contribution >= 4 is 5.96 Å². The summed E-state index contributed by atoms with van der Waals surface area (Å²) in [6.07, 6.45) is 9.13. The third-order valence-electron chi connectivity index (χ3n) is 4.75. The van der Waals surface area contributed by atoms with Crippen molar-refractivity contribution in [3.63, 3.8) is 0 Å². The van der Waals surface area contributed by atoms with Crippen LogP contribution in [0.1, 0.15) is 24.2 Å². The van der Waals surface area contributed by atoms with Gasteiger partial charge in [0.05, 0.1) is 33.0 Å². The summed E-state index contributed by atoms with van der Waals surface area (Å²) < 4.78 is 18.7. The summed E-state index contributed by atoms with van der Waals surface area (Å²) >= 11 is 0. The topological polar surface area (TPSA) is 73.1 Å². The summed E-state index contributed by atoms with van der Waals surface area (Å²) in [5.74, 6) is 4.61. The lowest BCUT2D eigenvalue weighted by atomic mass is 10.1. The van der Waals surface area contributed by atoms with Gasteiger partial charge in [0.1, 0.15) is 12.7 Å². The summed E-state index contributed by atoms with van der Waals surface area (Å²) in [7, 11) is 3.52. The fourth-order valence-electron chi connectivity index (χ4n) is 3.29. The number of terminal acetylenes is 1. The van der Waals surface area contributed by atoms with Crippen LogP contribution in [0.25, 0.3) is 0 Å². The van der Waals surface area contributed by atoms with Crippen molar-refractivity contribution in [2.45, 2.75) is 19.6 Å². The number of nitrogens with one attached hydrogen (secondary N) is 1. The first-order valence-electron chi connectivity index (χ1n) is 10.0. The Balaban J connectivity index is 1.73. The Morgan fingerprint density at radius 3 is 3.00 bits per heavy atom. The first-order valence-corrected chi connectivity index (χ1v) is 10.0. The molecule has 1 aromatic carbocycles. The van der Waals surface area contributed by atoms with Crippen molar-refractivity contribution in [1.29, 1.82) is 0 Å². The number of ether oxygens (including phenoxy) is 3. The monoisotopic (exact) mass is 411 g/mol. The Bertz CT molecular complexity index is 902. The molecule has 1 aromatic heterocycles. The van der Waals surface area contributed by atoms with Crippen LogP contribution >= 0.6 is 0 Å². The molecule has 3 rings (SSSR count). The number of guanidine groups is 1. The zero-order valence-corrected chi connectivity index (χ0v) is 17.8. The van der Waals surface area contributed by atoms with Crippen LogP contribution in [-0.2, 0) is 18.3 Å². The van der Waals surface area contributed by atoms with Crippen LogP contribution in [0.4, 0.5) is 0 Å². The molecule has 0 bridgehead atoms. The lowest BCUT2D eigenvalue weighted by Crippen LogP contribution is -2.48. The van der Waals surface area contributed by atoms with Crippen LogP contribution in [0.2, 0.25) is 0 Å².